The minimum Gasteiger partial charge on any atom is -0.299 e. The number of ketones is 2. The molecule has 1 aliphatic rings. The molecule has 1 aliphatic carbocycles. The van der Waals surface area contributed by atoms with Gasteiger partial charge in [-0.25, -0.2) is 0 Å². The molecule has 0 aromatic heterocycles. The summed E-state index contributed by atoms with van der Waals surface area (Å²) in [6, 6.07) is 16.8. The van der Waals surface area contributed by atoms with Gasteiger partial charge in [-0.1, -0.05) is 54.1 Å². The first-order valence-corrected chi connectivity index (χ1v) is 8.39. The average Bonchev–Trinajstić information content (AvgIpc) is 3.00. The van der Waals surface area contributed by atoms with Gasteiger partial charge in [-0.15, -0.1) is 0 Å². The van der Waals surface area contributed by atoms with Crippen LogP contribution in [0.25, 0.3) is 0 Å². The Bertz CT molecular complexity index is 691. The van der Waals surface area contributed by atoms with Crippen molar-refractivity contribution in [2.45, 2.75) is 31.6 Å². The van der Waals surface area contributed by atoms with Crippen LogP contribution < -0.4 is 0 Å². The van der Waals surface area contributed by atoms with Crippen LogP contribution in [-0.2, 0) is 4.79 Å². The summed E-state index contributed by atoms with van der Waals surface area (Å²) in [5.41, 5.74) is 1.73. The first kappa shape index (κ1) is 15.9. The quantitative estimate of drug-likeness (QED) is 0.719. The molecule has 0 radical (unpaired) electrons. The summed E-state index contributed by atoms with van der Waals surface area (Å²) in [6.45, 7) is 0. The zero-order valence-electron chi connectivity index (χ0n) is 12.9. The van der Waals surface area contributed by atoms with E-state index < -0.39 is 0 Å². The fourth-order valence-corrected chi connectivity index (χ4v) is 3.54. The number of Topliss-reactive ketones (excluding diaryl/α,β-unsaturated/α-hetero) is 2. The van der Waals surface area contributed by atoms with Crippen LogP contribution in [0.5, 0.6) is 0 Å². The Hall–Kier alpha value is -1.93. The summed E-state index contributed by atoms with van der Waals surface area (Å²) in [4.78, 5) is 24.9. The molecular formula is C20H19ClO2. The fraction of sp³-hybridized carbons (Fsp3) is 0.300. The molecule has 118 valence electrons. The molecule has 2 unspecified atom stereocenters. The van der Waals surface area contributed by atoms with Crippen LogP contribution in [0.15, 0.2) is 54.6 Å². The molecule has 0 aliphatic heterocycles. The van der Waals surface area contributed by atoms with Crippen LogP contribution in [0, 0.1) is 5.92 Å². The van der Waals surface area contributed by atoms with E-state index in [2.05, 4.69) is 0 Å². The van der Waals surface area contributed by atoms with Crippen LogP contribution in [0.2, 0.25) is 5.02 Å². The van der Waals surface area contributed by atoms with Crippen LogP contribution in [0.4, 0.5) is 0 Å². The van der Waals surface area contributed by atoms with Crippen molar-refractivity contribution in [1.29, 1.82) is 0 Å². The maximum absolute atomic E-state index is 12.6. The molecule has 1 fully saturated rings. The predicted molar refractivity (Wildman–Crippen MR) is 91.9 cm³/mol. The van der Waals surface area contributed by atoms with Gasteiger partial charge in [0.1, 0.15) is 5.78 Å². The maximum atomic E-state index is 12.6. The predicted octanol–water partition coefficient (Wildman–Crippen LogP) is 5.07. The Morgan fingerprint density at radius 2 is 1.78 bits per heavy atom. The van der Waals surface area contributed by atoms with Crippen molar-refractivity contribution in [2.24, 2.45) is 5.92 Å². The van der Waals surface area contributed by atoms with Crippen LogP contribution in [0.3, 0.4) is 0 Å². The van der Waals surface area contributed by atoms with E-state index in [0.29, 0.717) is 23.4 Å². The van der Waals surface area contributed by atoms with Gasteiger partial charge in [-0.2, -0.15) is 0 Å². The molecule has 3 rings (SSSR count). The van der Waals surface area contributed by atoms with Gasteiger partial charge in [0.2, 0.25) is 0 Å². The number of rotatable bonds is 5. The summed E-state index contributed by atoms with van der Waals surface area (Å²) in [7, 11) is 0. The number of carbonyl (C=O) groups is 2. The number of hydrogen-bond acceptors (Lipinski definition) is 2. The molecule has 2 aromatic rings. The van der Waals surface area contributed by atoms with Crippen molar-refractivity contribution < 1.29 is 9.59 Å². The normalized spacial score (nSPS) is 18.8. The van der Waals surface area contributed by atoms with Gasteiger partial charge in [0, 0.05) is 35.3 Å². The minimum atomic E-state index is -0.0602. The molecule has 0 saturated heterocycles. The molecule has 1 saturated carbocycles. The highest BCUT2D eigenvalue weighted by Crippen LogP contribution is 2.38. The molecule has 2 atom stereocenters. The highest BCUT2D eigenvalue weighted by molar-refractivity contribution is 6.30. The Morgan fingerprint density at radius 1 is 1.09 bits per heavy atom. The number of carbonyl (C=O) groups excluding carboxylic acids is 2. The molecule has 0 N–H and O–H groups in total. The third kappa shape index (κ3) is 3.70. The van der Waals surface area contributed by atoms with Crippen LogP contribution >= 0.6 is 11.6 Å². The highest BCUT2D eigenvalue weighted by atomic mass is 35.5. The minimum absolute atomic E-state index is 0.0520. The third-order valence-electron chi connectivity index (χ3n) is 4.64. The van der Waals surface area contributed by atoms with Crippen molar-refractivity contribution in [3.05, 3.63) is 70.7 Å². The van der Waals surface area contributed by atoms with Crippen molar-refractivity contribution in [1.82, 2.24) is 0 Å². The van der Waals surface area contributed by atoms with Gasteiger partial charge in [0.15, 0.2) is 5.78 Å². The molecule has 3 heteroatoms. The lowest BCUT2D eigenvalue weighted by molar-refractivity contribution is -0.121. The van der Waals surface area contributed by atoms with E-state index in [0.717, 1.165) is 18.4 Å². The number of benzene rings is 2. The largest absolute Gasteiger partial charge is 0.299 e. The zero-order valence-corrected chi connectivity index (χ0v) is 13.6. The fourth-order valence-electron chi connectivity index (χ4n) is 3.41. The second-order valence-corrected chi connectivity index (χ2v) is 6.55. The Labute approximate surface area is 141 Å². The molecule has 0 spiro atoms. The second-order valence-electron chi connectivity index (χ2n) is 6.12. The molecule has 23 heavy (non-hydrogen) atoms. The van der Waals surface area contributed by atoms with Crippen molar-refractivity contribution >= 4 is 23.2 Å². The summed E-state index contributed by atoms with van der Waals surface area (Å²) in [5, 5.41) is 0.666. The number of hydrogen-bond donors (Lipinski definition) is 0. The van der Waals surface area contributed by atoms with E-state index in [4.69, 9.17) is 11.6 Å². The first-order valence-electron chi connectivity index (χ1n) is 8.01. The van der Waals surface area contributed by atoms with Gasteiger partial charge in [0.05, 0.1) is 0 Å². The van der Waals surface area contributed by atoms with Crippen molar-refractivity contribution in [2.75, 3.05) is 0 Å². The standard InChI is InChI=1S/C20H19ClO2/c21-16-11-9-14(10-12-16)18(17-7-4-8-19(17)22)13-20(23)15-5-2-1-3-6-15/h1-3,5-6,9-12,17-18H,4,7-8,13H2. The van der Waals surface area contributed by atoms with E-state index in [1.54, 1.807) is 0 Å². The second kappa shape index (κ2) is 7.10. The Balaban J connectivity index is 1.87. The smallest absolute Gasteiger partial charge is 0.163 e. The first-order chi connectivity index (χ1) is 11.1. The lowest BCUT2D eigenvalue weighted by Crippen LogP contribution is -2.20. The van der Waals surface area contributed by atoms with Crippen LogP contribution in [-0.4, -0.2) is 11.6 Å². The molecule has 2 nitrogen and oxygen atoms in total. The van der Waals surface area contributed by atoms with Gasteiger partial charge < -0.3 is 0 Å². The average molecular weight is 327 g/mol. The SMILES string of the molecule is O=C(CC(c1ccc(Cl)cc1)C1CCCC1=O)c1ccccc1. The Kier molecular flexibility index (Phi) is 4.92. The van der Waals surface area contributed by atoms with E-state index in [1.165, 1.54) is 0 Å². The van der Waals surface area contributed by atoms with E-state index in [9.17, 15) is 9.59 Å². The molecule has 0 bridgehead atoms. The maximum Gasteiger partial charge on any atom is 0.163 e. The monoisotopic (exact) mass is 326 g/mol. The van der Waals surface area contributed by atoms with Crippen molar-refractivity contribution in [3.63, 3.8) is 0 Å². The van der Waals surface area contributed by atoms with Crippen molar-refractivity contribution in [3.8, 4) is 0 Å². The third-order valence-corrected chi connectivity index (χ3v) is 4.89. The van der Waals surface area contributed by atoms with Gasteiger partial charge in [0.25, 0.3) is 0 Å². The summed E-state index contributed by atoms with van der Waals surface area (Å²) < 4.78 is 0. The van der Waals surface area contributed by atoms with Gasteiger partial charge >= 0.3 is 0 Å². The van der Waals surface area contributed by atoms with Crippen LogP contribution in [0.1, 0.15) is 47.5 Å². The Morgan fingerprint density at radius 3 is 2.39 bits per heavy atom. The van der Waals surface area contributed by atoms with E-state index >= 15 is 0 Å². The van der Waals surface area contributed by atoms with Gasteiger partial charge in [-0.3, -0.25) is 9.59 Å². The summed E-state index contributed by atoms with van der Waals surface area (Å²) in [6.07, 6.45) is 2.79. The molecule has 2 aromatic carbocycles. The lowest BCUT2D eigenvalue weighted by Gasteiger charge is -2.22. The van der Waals surface area contributed by atoms with E-state index in [-0.39, 0.29) is 23.4 Å². The zero-order chi connectivity index (χ0) is 16.2. The topological polar surface area (TPSA) is 34.1 Å². The van der Waals surface area contributed by atoms with E-state index in [1.807, 2.05) is 54.6 Å². The molecular weight excluding hydrogens is 308 g/mol. The number of halogens is 1. The lowest BCUT2D eigenvalue weighted by atomic mass is 9.80. The molecule has 0 heterocycles. The summed E-state index contributed by atoms with van der Waals surface area (Å²) >= 11 is 5.97. The molecule has 0 amide bonds. The summed E-state index contributed by atoms with van der Waals surface area (Å²) in [5.74, 6) is 0.259. The van der Waals surface area contributed by atoms with Gasteiger partial charge in [-0.05, 0) is 30.5 Å². The highest BCUT2D eigenvalue weighted by Gasteiger charge is 2.34.